The van der Waals surface area contributed by atoms with Crippen molar-refractivity contribution in [1.82, 2.24) is 9.78 Å². The van der Waals surface area contributed by atoms with Gasteiger partial charge in [-0.1, -0.05) is 18.2 Å². The van der Waals surface area contributed by atoms with Crippen LogP contribution in [-0.4, -0.2) is 22.2 Å². The van der Waals surface area contributed by atoms with Gasteiger partial charge in [-0.2, -0.15) is 5.10 Å². The largest absolute Gasteiger partial charge is 0.384 e. The lowest BCUT2D eigenvalue weighted by atomic mass is 10.0. The van der Waals surface area contributed by atoms with Gasteiger partial charge in [0, 0.05) is 18.7 Å². The molecule has 1 atom stereocenters. The third-order valence-corrected chi connectivity index (χ3v) is 3.48. The summed E-state index contributed by atoms with van der Waals surface area (Å²) in [7, 11) is 1.83. The van der Waals surface area contributed by atoms with Gasteiger partial charge in [0.2, 0.25) is 0 Å². The molecule has 2 aromatic rings. The van der Waals surface area contributed by atoms with Crippen LogP contribution in [0.25, 0.3) is 11.3 Å². The molecule has 1 unspecified atom stereocenters. The number of hydrogen-bond donors (Lipinski definition) is 1. The summed E-state index contributed by atoms with van der Waals surface area (Å²) in [5, 5.41) is 4.40. The number of benzene rings is 1. The smallest absolute Gasteiger partial charge is 0.163 e. The van der Waals surface area contributed by atoms with Gasteiger partial charge in [-0.25, -0.2) is 0 Å². The average Bonchev–Trinajstić information content (AvgIpc) is 2.93. The van der Waals surface area contributed by atoms with E-state index < -0.39 is 5.79 Å². The molecule has 1 aromatic carbocycles. The molecular formula is C15H19N3O2. The van der Waals surface area contributed by atoms with Crippen molar-refractivity contribution < 1.29 is 9.47 Å². The van der Waals surface area contributed by atoms with Gasteiger partial charge in [-0.05, 0) is 25.5 Å². The average molecular weight is 273 g/mol. The highest BCUT2D eigenvalue weighted by Gasteiger charge is 2.33. The van der Waals surface area contributed by atoms with E-state index in [0.717, 1.165) is 16.8 Å². The molecule has 0 bridgehead atoms. The fraction of sp³-hybridized carbons (Fsp3) is 0.400. The predicted molar refractivity (Wildman–Crippen MR) is 76.9 cm³/mol. The van der Waals surface area contributed by atoms with Crippen molar-refractivity contribution in [3.63, 3.8) is 0 Å². The maximum atomic E-state index is 5.88. The van der Waals surface area contributed by atoms with Crippen molar-refractivity contribution in [2.24, 2.45) is 7.05 Å². The van der Waals surface area contributed by atoms with Crippen LogP contribution in [-0.2, 0) is 16.5 Å². The summed E-state index contributed by atoms with van der Waals surface area (Å²) in [6.45, 7) is 4.42. The van der Waals surface area contributed by atoms with Crippen molar-refractivity contribution in [1.29, 1.82) is 0 Å². The number of rotatable bonds is 2. The van der Waals surface area contributed by atoms with Gasteiger partial charge in [-0.15, -0.1) is 0 Å². The molecule has 1 fully saturated rings. The summed E-state index contributed by atoms with van der Waals surface area (Å²) >= 11 is 0. The molecule has 5 nitrogen and oxygen atoms in total. The number of hydrogen-bond acceptors (Lipinski definition) is 4. The minimum atomic E-state index is -0.518. The van der Waals surface area contributed by atoms with Crippen LogP contribution in [0.5, 0.6) is 0 Å². The molecule has 1 saturated heterocycles. The van der Waals surface area contributed by atoms with E-state index in [1.165, 1.54) is 0 Å². The van der Waals surface area contributed by atoms with Crippen LogP contribution in [0, 0.1) is 0 Å². The molecule has 1 aromatic heterocycles. The maximum Gasteiger partial charge on any atom is 0.163 e. The van der Waals surface area contributed by atoms with Crippen LogP contribution in [0.1, 0.15) is 25.5 Å². The number of anilines is 1. The van der Waals surface area contributed by atoms with E-state index in [2.05, 4.69) is 11.2 Å². The molecule has 106 valence electrons. The van der Waals surface area contributed by atoms with E-state index in [1.807, 2.05) is 45.2 Å². The molecule has 0 saturated carbocycles. The Hall–Kier alpha value is -1.85. The van der Waals surface area contributed by atoms with Crippen molar-refractivity contribution in [2.75, 3.05) is 12.3 Å². The fourth-order valence-electron chi connectivity index (χ4n) is 2.37. The van der Waals surface area contributed by atoms with E-state index in [0.29, 0.717) is 12.4 Å². The van der Waals surface area contributed by atoms with Gasteiger partial charge in [0.1, 0.15) is 11.9 Å². The van der Waals surface area contributed by atoms with Gasteiger partial charge < -0.3 is 15.2 Å². The van der Waals surface area contributed by atoms with Gasteiger partial charge in [-0.3, -0.25) is 4.68 Å². The zero-order valence-electron chi connectivity index (χ0n) is 12.0. The molecule has 3 rings (SSSR count). The third-order valence-electron chi connectivity index (χ3n) is 3.48. The van der Waals surface area contributed by atoms with E-state index >= 15 is 0 Å². The van der Waals surface area contributed by atoms with E-state index in [4.69, 9.17) is 15.2 Å². The molecule has 0 spiro atoms. The predicted octanol–water partition coefficient (Wildman–Crippen LogP) is 2.49. The summed E-state index contributed by atoms with van der Waals surface area (Å²) < 4.78 is 13.2. The second-order valence-corrected chi connectivity index (χ2v) is 5.52. The Kier molecular flexibility index (Phi) is 3.03. The Balaban J connectivity index is 1.90. The topological polar surface area (TPSA) is 62.3 Å². The Bertz CT molecular complexity index is 614. The molecule has 0 radical (unpaired) electrons. The van der Waals surface area contributed by atoms with Crippen LogP contribution in [0.4, 0.5) is 5.82 Å². The second-order valence-electron chi connectivity index (χ2n) is 5.52. The lowest BCUT2D eigenvalue weighted by Gasteiger charge is -2.17. The Morgan fingerprint density at radius 1 is 1.35 bits per heavy atom. The van der Waals surface area contributed by atoms with Crippen molar-refractivity contribution in [2.45, 2.75) is 25.7 Å². The zero-order valence-corrected chi connectivity index (χ0v) is 12.0. The molecule has 20 heavy (non-hydrogen) atoms. The first kappa shape index (κ1) is 13.1. The Labute approximate surface area is 118 Å². The molecule has 0 amide bonds. The normalized spacial score (nSPS) is 21.2. The number of nitrogen functional groups attached to an aromatic ring is 1. The minimum absolute atomic E-state index is 0.0361. The summed E-state index contributed by atoms with van der Waals surface area (Å²) in [6.07, 6.45) is -0.0361. The fourth-order valence-corrected chi connectivity index (χ4v) is 2.37. The minimum Gasteiger partial charge on any atom is -0.384 e. The van der Waals surface area contributed by atoms with Crippen LogP contribution in [0.15, 0.2) is 30.3 Å². The Morgan fingerprint density at radius 3 is 2.75 bits per heavy atom. The molecule has 2 N–H and O–H groups in total. The quantitative estimate of drug-likeness (QED) is 0.913. The summed E-state index contributed by atoms with van der Waals surface area (Å²) in [5.74, 6) is 0.128. The second kappa shape index (κ2) is 4.61. The van der Waals surface area contributed by atoms with Gasteiger partial charge in [0.25, 0.3) is 0 Å². The lowest BCUT2D eigenvalue weighted by Crippen LogP contribution is -2.19. The number of ether oxygens (including phenoxy) is 2. The number of aromatic nitrogens is 2. The highest BCUT2D eigenvalue weighted by Crippen LogP contribution is 2.34. The summed E-state index contributed by atoms with van der Waals surface area (Å²) in [4.78, 5) is 0. The Morgan fingerprint density at radius 2 is 2.15 bits per heavy atom. The number of nitrogens with zero attached hydrogens (tertiary/aromatic N) is 2. The highest BCUT2D eigenvalue weighted by molar-refractivity contribution is 5.63. The lowest BCUT2D eigenvalue weighted by molar-refractivity contribution is -0.139. The van der Waals surface area contributed by atoms with Gasteiger partial charge >= 0.3 is 0 Å². The van der Waals surface area contributed by atoms with Crippen LogP contribution >= 0.6 is 0 Å². The molecule has 2 heterocycles. The van der Waals surface area contributed by atoms with Crippen molar-refractivity contribution in [3.05, 3.63) is 35.9 Å². The van der Waals surface area contributed by atoms with Gasteiger partial charge in [0.15, 0.2) is 5.79 Å². The first-order valence-corrected chi connectivity index (χ1v) is 6.66. The summed E-state index contributed by atoms with van der Waals surface area (Å²) in [5.41, 5.74) is 8.82. The molecule has 1 aliphatic heterocycles. The van der Waals surface area contributed by atoms with Gasteiger partial charge in [0.05, 0.1) is 12.3 Å². The molecular weight excluding hydrogens is 254 g/mol. The van der Waals surface area contributed by atoms with E-state index in [1.54, 1.807) is 4.68 Å². The SMILES string of the molecule is Cn1nc(-c2cccc(C3COC(C)(C)O3)c2)cc1N. The zero-order chi connectivity index (χ0) is 14.3. The summed E-state index contributed by atoms with van der Waals surface area (Å²) in [6, 6.07) is 10.0. The third kappa shape index (κ3) is 2.42. The standard InChI is InChI=1S/C15H19N3O2/c1-15(2)19-9-13(20-15)11-6-4-5-10(7-11)12-8-14(16)18(3)17-12/h4-8,13H,9,16H2,1-3H3. The van der Waals surface area contributed by atoms with E-state index in [9.17, 15) is 0 Å². The number of aryl methyl sites for hydroxylation is 1. The van der Waals surface area contributed by atoms with Crippen LogP contribution in [0.3, 0.4) is 0 Å². The highest BCUT2D eigenvalue weighted by atomic mass is 16.7. The maximum absolute atomic E-state index is 5.88. The monoisotopic (exact) mass is 273 g/mol. The van der Waals surface area contributed by atoms with Crippen molar-refractivity contribution >= 4 is 5.82 Å². The van der Waals surface area contributed by atoms with E-state index in [-0.39, 0.29) is 6.10 Å². The number of nitrogens with two attached hydrogens (primary N) is 1. The van der Waals surface area contributed by atoms with Crippen LogP contribution < -0.4 is 5.73 Å². The molecule has 1 aliphatic rings. The molecule has 5 heteroatoms. The van der Waals surface area contributed by atoms with Crippen molar-refractivity contribution in [3.8, 4) is 11.3 Å². The first-order valence-electron chi connectivity index (χ1n) is 6.66. The first-order chi connectivity index (χ1) is 9.44. The molecule has 0 aliphatic carbocycles. The van der Waals surface area contributed by atoms with Crippen LogP contribution in [0.2, 0.25) is 0 Å².